The van der Waals surface area contributed by atoms with Crippen LogP contribution < -0.4 is 5.32 Å². The van der Waals surface area contributed by atoms with E-state index < -0.39 is 10.0 Å². The number of hydrogen-bond acceptors (Lipinski definition) is 4. The van der Waals surface area contributed by atoms with E-state index in [2.05, 4.69) is 5.32 Å². The molecule has 0 bridgehead atoms. The Bertz CT molecular complexity index is 623. The van der Waals surface area contributed by atoms with Crippen LogP contribution >= 0.6 is 0 Å². The molecule has 1 amide bonds. The molecule has 1 N–H and O–H groups in total. The van der Waals surface area contributed by atoms with E-state index in [1.807, 2.05) is 6.92 Å². The first kappa shape index (κ1) is 18.3. The number of likely N-dealkylation sites (N-methyl/N-ethyl adjacent to an activating group) is 1. The predicted octanol–water partition coefficient (Wildman–Crippen LogP) is 1.43. The summed E-state index contributed by atoms with van der Waals surface area (Å²) in [7, 11) is -2.39. The molecule has 7 heteroatoms. The number of carbonyl (C=O) groups excluding carboxylic acids is 2. The van der Waals surface area contributed by atoms with Crippen molar-refractivity contribution < 1.29 is 18.0 Å². The number of hydrogen-bond donors (Lipinski definition) is 1. The SMILES string of the molecule is CCCCNC(=O)CN(C)S(=O)(=O)c1ccc(C(C)=O)cc1. The van der Waals surface area contributed by atoms with Crippen LogP contribution in [0.1, 0.15) is 37.0 Å². The lowest BCUT2D eigenvalue weighted by molar-refractivity contribution is -0.121. The number of Topliss-reactive ketones (excluding diaryl/α,β-unsaturated/α-hetero) is 1. The van der Waals surface area contributed by atoms with E-state index in [-0.39, 0.29) is 23.1 Å². The van der Waals surface area contributed by atoms with E-state index in [1.165, 1.54) is 38.2 Å². The Morgan fingerprint density at radius 3 is 2.27 bits per heavy atom. The molecule has 122 valence electrons. The van der Waals surface area contributed by atoms with Crippen LogP contribution in [-0.2, 0) is 14.8 Å². The minimum Gasteiger partial charge on any atom is -0.355 e. The summed E-state index contributed by atoms with van der Waals surface area (Å²) in [6.45, 7) is 3.72. The highest BCUT2D eigenvalue weighted by Gasteiger charge is 2.22. The number of unbranched alkanes of at least 4 members (excludes halogenated alkanes) is 1. The first-order chi connectivity index (χ1) is 10.3. The maximum absolute atomic E-state index is 12.3. The van der Waals surface area contributed by atoms with Crippen LogP contribution in [0.4, 0.5) is 0 Å². The molecule has 0 unspecified atom stereocenters. The van der Waals surface area contributed by atoms with Gasteiger partial charge in [0.15, 0.2) is 5.78 Å². The third kappa shape index (κ3) is 4.92. The first-order valence-electron chi connectivity index (χ1n) is 7.13. The van der Waals surface area contributed by atoms with E-state index in [1.54, 1.807) is 0 Å². The lowest BCUT2D eigenvalue weighted by Gasteiger charge is -2.17. The van der Waals surface area contributed by atoms with Crippen molar-refractivity contribution in [2.75, 3.05) is 20.1 Å². The number of nitrogens with one attached hydrogen (secondary N) is 1. The van der Waals surface area contributed by atoms with Crippen LogP contribution in [0.2, 0.25) is 0 Å². The Morgan fingerprint density at radius 1 is 1.18 bits per heavy atom. The molecule has 0 aromatic heterocycles. The van der Waals surface area contributed by atoms with Gasteiger partial charge in [0, 0.05) is 19.2 Å². The molecule has 1 aromatic carbocycles. The Kier molecular flexibility index (Phi) is 6.70. The predicted molar refractivity (Wildman–Crippen MR) is 84.2 cm³/mol. The molecule has 0 saturated heterocycles. The van der Waals surface area contributed by atoms with Gasteiger partial charge in [-0.1, -0.05) is 25.5 Å². The third-order valence-electron chi connectivity index (χ3n) is 3.19. The minimum atomic E-state index is -3.75. The van der Waals surface area contributed by atoms with E-state index in [9.17, 15) is 18.0 Å². The number of nitrogens with zero attached hydrogens (tertiary/aromatic N) is 1. The number of carbonyl (C=O) groups is 2. The average Bonchev–Trinajstić information content (AvgIpc) is 2.47. The number of benzene rings is 1. The van der Waals surface area contributed by atoms with Gasteiger partial charge in [0.2, 0.25) is 15.9 Å². The van der Waals surface area contributed by atoms with Gasteiger partial charge in [-0.3, -0.25) is 9.59 Å². The topological polar surface area (TPSA) is 83.6 Å². The summed E-state index contributed by atoms with van der Waals surface area (Å²) in [4.78, 5) is 22.9. The number of amides is 1. The van der Waals surface area contributed by atoms with Crippen molar-refractivity contribution in [2.24, 2.45) is 0 Å². The van der Waals surface area contributed by atoms with Gasteiger partial charge in [-0.25, -0.2) is 8.42 Å². The van der Waals surface area contributed by atoms with Gasteiger partial charge < -0.3 is 5.32 Å². The molecule has 0 fully saturated rings. The van der Waals surface area contributed by atoms with E-state index in [0.29, 0.717) is 12.1 Å². The Labute approximate surface area is 131 Å². The molecule has 0 saturated carbocycles. The molecule has 1 rings (SSSR count). The second-order valence-electron chi connectivity index (χ2n) is 5.05. The molecular weight excluding hydrogens is 304 g/mol. The van der Waals surface area contributed by atoms with Crippen molar-refractivity contribution in [2.45, 2.75) is 31.6 Å². The Hall–Kier alpha value is -1.73. The average molecular weight is 326 g/mol. The Balaban J connectivity index is 2.76. The molecule has 0 heterocycles. The molecule has 6 nitrogen and oxygen atoms in total. The minimum absolute atomic E-state index is 0.0568. The molecule has 22 heavy (non-hydrogen) atoms. The lowest BCUT2D eigenvalue weighted by Crippen LogP contribution is -2.38. The van der Waals surface area contributed by atoms with Gasteiger partial charge in [0.1, 0.15) is 0 Å². The number of ketones is 1. The normalized spacial score (nSPS) is 11.5. The van der Waals surface area contributed by atoms with Crippen LogP contribution in [-0.4, -0.2) is 44.6 Å². The van der Waals surface area contributed by atoms with Gasteiger partial charge in [-0.2, -0.15) is 4.31 Å². The summed E-state index contributed by atoms with van der Waals surface area (Å²) in [6, 6.07) is 5.67. The van der Waals surface area contributed by atoms with Crippen LogP contribution in [0.15, 0.2) is 29.2 Å². The maximum Gasteiger partial charge on any atom is 0.243 e. The maximum atomic E-state index is 12.3. The van der Waals surface area contributed by atoms with E-state index in [4.69, 9.17) is 0 Å². The second-order valence-corrected chi connectivity index (χ2v) is 7.09. The van der Waals surface area contributed by atoms with Crippen LogP contribution in [0.25, 0.3) is 0 Å². The number of sulfonamides is 1. The third-order valence-corrected chi connectivity index (χ3v) is 5.01. The van der Waals surface area contributed by atoms with Crippen molar-refractivity contribution in [3.05, 3.63) is 29.8 Å². The molecule has 1 aromatic rings. The quantitative estimate of drug-likeness (QED) is 0.578. The van der Waals surface area contributed by atoms with Gasteiger partial charge in [-0.15, -0.1) is 0 Å². The van der Waals surface area contributed by atoms with Crippen molar-refractivity contribution >= 4 is 21.7 Å². The molecule has 0 atom stereocenters. The summed E-state index contributed by atoms with van der Waals surface area (Å²) in [5, 5.41) is 2.67. The zero-order valence-corrected chi connectivity index (χ0v) is 13.9. The summed E-state index contributed by atoms with van der Waals surface area (Å²) in [6.07, 6.45) is 1.81. The van der Waals surface area contributed by atoms with E-state index in [0.717, 1.165) is 17.1 Å². The van der Waals surface area contributed by atoms with Gasteiger partial charge in [-0.05, 0) is 25.5 Å². The smallest absolute Gasteiger partial charge is 0.243 e. The number of rotatable bonds is 8. The summed E-state index contributed by atoms with van der Waals surface area (Å²) >= 11 is 0. The molecule has 0 aliphatic rings. The van der Waals surface area contributed by atoms with Gasteiger partial charge in [0.25, 0.3) is 0 Å². The monoisotopic (exact) mass is 326 g/mol. The van der Waals surface area contributed by atoms with Crippen LogP contribution in [0, 0.1) is 0 Å². The largest absolute Gasteiger partial charge is 0.355 e. The Morgan fingerprint density at radius 2 is 1.77 bits per heavy atom. The van der Waals surface area contributed by atoms with Gasteiger partial charge in [0.05, 0.1) is 11.4 Å². The second kappa shape index (κ2) is 8.05. The standard InChI is InChI=1S/C15H22N2O4S/c1-4-5-10-16-15(19)11-17(3)22(20,21)14-8-6-13(7-9-14)12(2)18/h6-9H,4-5,10-11H2,1-3H3,(H,16,19). The zero-order valence-electron chi connectivity index (χ0n) is 13.1. The van der Waals surface area contributed by atoms with Crippen molar-refractivity contribution in [1.29, 1.82) is 0 Å². The summed E-state index contributed by atoms with van der Waals surface area (Å²) in [5.41, 5.74) is 0.443. The molecular formula is C15H22N2O4S. The zero-order chi connectivity index (χ0) is 16.8. The van der Waals surface area contributed by atoms with Crippen molar-refractivity contribution in [3.63, 3.8) is 0 Å². The fourth-order valence-electron chi connectivity index (χ4n) is 1.79. The van der Waals surface area contributed by atoms with E-state index >= 15 is 0 Å². The molecule has 0 radical (unpaired) electrons. The lowest BCUT2D eigenvalue weighted by atomic mass is 10.2. The van der Waals surface area contributed by atoms with Crippen molar-refractivity contribution in [1.82, 2.24) is 9.62 Å². The van der Waals surface area contributed by atoms with Crippen LogP contribution in [0.5, 0.6) is 0 Å². The summed E-state index contributed by atoms with van der Waals surface area (Å²) < 4.78 is 25.7. The highest BCUT2D eigenvalue weighted by atomic mass is 32.2. The fourth-order valence-corrected chi connectivity index (χ4v) is 2.92. The molecule has 0 aliphatic carbocycles. The van der Waals surface area contributed by atoms with Gasteiger partial charge >= 0.3 is 0 Å². The summed E-state index contributed by atoms with van der Waals surface area (Å²) in [5.74, 6) is -0.465. The molecule has 0 aliphatic heterocycles. The molecule has 0 spiro atoms. The fraction of sp³-hybridized carbons (Fsp3) is 0.467. The van der Waals surface area contributed by atoms with Crippen LogP contribution in [0.3, 0.4) is 0 Å². The highest BCUT2D eigenvalue weighted by molar-refractivity contribution is 7.89. The highest BCUT2D eigenvalue weighted by Crippen LogP contribution is 2.15. The first-order valence-corrected chi connectivity index (χ1v) is 8.57. The van der Waals surface area contributed by atoms with Crippen molar-refractivity contribution in [3.8, 4) is 0 Å².